The number of anilines is 1. The number of nitrogens with zero attached hydrogens (tertiary/aromatic N) is 3. The highest BCUT2D eigenvalue weighted by Gasteiger charge is 2.25. The van der Waals surface area contributed by atoms with Gasteiger partial charge in [0.05, 0.1) is 29.4 Å². The second-order valence-electron chi connectivity index (χ2n) is 7.22. The zero-order valence-corrected chi connectivity index (χ0v) is 16.0. The normalized spacial score (nSPS) is 20.0. The Bertz CT molecular complexity index is 747. The molecule has 2 aliphatic heterocycles. The van der Waals surface area contributed by atoms with Gasteiger partial charge >= 0.3 is 5.97 Å². The SMILES string of the molecule is C[C@@H]1CCCN(C(=O)COC(=O)c2cc([N+](=O)[O-])ccc2N2CCOCC2)C1. The lowest BCUT2D eigenvalue weighted by molar-refractivity contribution is -0.384. The van der Waals surface area contributed by atoms with Crippen molar-refractivity contribution in [2.45, 2.75) is 19.8 Å². The highest BCUT2D eigenvalue weighted by Crippen LogP contribution is 2.27. The molecule has 0 aliphatic carbocycles. The van der Waals surface area contributed by atoms with E-state index in [0.717, 1.165) is 12.8 Å². The van der Waals surface area contributed by atoms with Crippen LogP contribution in [0.3, 0.4) is 0 Å². The first kappa shape index (κ1) is 20.1. The van der Waals surface area contributed by atoms with E-state index in [0.29, 0.717) is 51.0 Å². The first-order valence-corrected chi connectivity index (χ1v) is 9.51. The molecule has 2 saturated heterocycles. The average Bonchev–Trinajstić information content (AvgIpc) is 2.72. The Kier molecular flexibility index (Phi) is 6.45. The van der Waals surface area contributed by atoms with Crippen LogP contribution in [0.25, 0.3) is 0 Å². The lowest BCUT2D eigenvalue weighted by Crippen LogP contribution is -2.41. The fourth-order valence-corrected chi connectivity index (χ4v) is 3.59. The van der Waals surface area contributed by atoms with Crippen LogP contribution in [0.5, 0.6) is 0 Å². The number of carbonyl (C=O) groups excluding carboxylic acids is 2. The standard InChI is InChI=1S/C19H25N3O6/c1-14-3-2-6-21(12-14)18(23)13-28-19(24)16-11-15(22(25)26)4-5-17(16)20-7-9-27-10-8-20/h4-5,11,14H,2-3,6-10,12-13H2,1H3/t14-/m1/s1. The Morgan fingerprint density at radius 3 is 2.71 bits per heavy atom. The molecule has 2 fully saturated rings. The summed E-state index contributed by atoms with van der Waals surface area (Å²) in [5.41, 5.74) is 0.453. The molecule has 9 heteroatoms. The number of non-ortho nitro benzene ring substituents is 1. The van der Waals surface area contributed by atoms with Crippen molar-refractivity contribution < 1.29 is 24.0 Å². The maximum Gasteiger partial charge on any atom is 0.341 e. The van der Waals surface area contributed by atoms with Gasteiger partial charge in [-0.3, -0.25) is 14.9 Å². The molecule has 0 spiro atoms. The Morgan fingerprint density at radius 1 is 1.29 bits per heavy atom. The summed E-state index contributed by atoms with van der Waals surface area (Å²) in [6.45, 7) is 5.21. The summed E-state index contributed by atoms with van der Waals surface area (Å²) in [6, 6.07) is 4.12. The van der Waals surface area contributed by atoms with Gasteiger partial charge in [-0.05, 0) is 24.8 Å². The first-order valence-electron chi connectivity index (χ1n) is 9.51. The van der Waals surface area contributed by atoms with Gasteiger partial charge in [0.25, 0.3) is 11.6 Å². The third kappa shape index (κ3) is 4.78. The summed E-state index contributed by atoms with van der Waals surface area (Å²) in [4.78, 5) is 39.2. The maximum absolute atomic E-state index is 12.7. The molecule has 0 aromatic heterocycles. The van der Waals surface area contributed by atoms with E-state index in [1.807, 2.05) is 4.90 Å². The smallest absolute Gasteiger partial charge is 0.341 e. The van der Waals surface area contributed by atoms with Crippen molar-refractivity contribution in [1.29, 1.82) is 0 Å². The summed E-state index contributed by atoms with van der Waals surface area (Å²) < 4.78 is 10.6. The van der Waals surface area contributed by atoms with Crippen molar-refractivity contribution in [3.8, 4) is 0 Å². The Labute approximate surface area is 163 Å². The second kappa shape index (κ2) is 9.01. The summed E-state index contributed by atoms with van der Waals surface area (Å²) in [5.74, 6) is -0.542. The van der Waals surface area contributed by atoms with Crippen LogP contribution in [0, 0.1) is 16.0 Å². The van der Waals surface area contributed by atoms with Crippen molar-refractivity contribution in [1.82, 2.24) is 4.90 Å². The molecular weight excluding hydrogens is 366 g/mol. The predicted molar refractivity (Wildman–Crippen MR) is 101 cm³/mol. The molecule has 2 heterocycles. The molecule has 1 aromatic rings. The number of hydrogen-bond acceptors (Lipinski definition) is 7. The summed E-state index contributed by atoms with van der Waals surface area (Å²) in [5, 5.41) is 11.1. The van der Waals surface area contributed by atoms with Crippen LogP contribution >= 0.6 is 0 Å². The summed E-state index contributed by atoms with van der Waals surface area (Å²) >= 11 is 0. The van der Waals surface area contributed by atoms with Crippen LogP contribution in [0.4, 0.5) is 11.4 Å². The largest absolute Gasteiger partial charge is 0.452 e. The molecule has 9 nitrogen and oxygen atoms in total. The molecular formula is C19H25N3O6. The Hall–Kier alpha value is -2.68. The van der Waals surface area contributed by atoms with E-state index in [1.165, 1.54) is 12.1 Å². The van der Waals surface area contributed by atoms with Crippen molar-refractivity contribution in [2.24, 2.45) is 5.92 Å². The number of amides is 1. The third-order valence-electron chi connectivity index (χ3n) is 5.10. The lowest BCUT2D eigenvalue weighted by Gasteiger charge is -2.31. The summed E-state index contributed by atoms with van der Waals surface area (Å²) in [6.07, 6.45) is 2.02. The topological polar surface area (TPSA) is 102 Å². The van der Waals surface area contributed by atoms with E-state index in [9.17, 15) is 19.7 Å². The van der Waals surface area contributed by atoms with Crippen LogP contribution in [-0.4, -0.2) is 67.7 Å². The fourth-order valence-electron chi connectivity index (χ4n) is 3.59. The van der Waals surface area contributed by atoms with Crippen LogP contribution in [0.1, 0.15) is 30.1 Å². The zero-order chi connectivity index (χ0) is 20.1. The molecule has 2 aliphatic rings. The minimum absolute atomic E-state index is 0.0934. The highest BCUT2D eigenvalue weighted by atomic mass is 16.6. The number of esters is 1. The third-order valence-corrected chi connectivity index (χ3v) is 5.10. The van der Waals surface area contributed by atoms with Gasteiger partial charge in [0.1, 0.15) is 0 Å². The number of hydrogen-bond donors (Lipinski definition) is 0. The van der Waals surface area contributed by atoms with Crippen LogP contribution in [0.2, 0.25) is 0 Å². The number of carbonyl (C=O) groups is 2. The van der Waals surface area contributed by atoms with Crippen molar-refractivity contribution in [2.75, 3.05) is 50.9 Å². The number of benzene rings is 1. The quantitative estimate of drug-likeness (QED) is 0.429. The van der Waals surface area contributed by atoms with Gasteiger partial charge in [0, 0.05) is 38.3 Å². The van der Waals surface area contributed by atoms with E-state index >= 15 is 0 Å². The van der Waals surface area contributed by atoms with E-state index in [-0.39, 0.29) is 23.8 Å². The van der Waals surface area contributed by atoms with E-state index in [1.54, 1.807) is 11.0 Å². The Balaban J connectivity index is 1.72. The molecule has 3 rings (SSSR count). The molecule has 0 radical (unpaired) electrons. The number of nitro groups is 1. The average molecular weight is 391 g/mol. The number of morpholine rings is 1. The van der Waals surface area contributed by atoms with Crippen LogP contribution < -0.4 is 4.90 Å². The van der Waals surface area contributed by atoms with Gasteiger partial charge < -0.3 is 19.3 Å². The highest BCUT2D eigenvalue weighted by molar-refractivity contribution is 5.97. The molecule has 1 amide bonds. The number of piperidine rings is 1. The van der Waals surface area contributed by atoms with Gasteiger partial charge in [0.15, 0.2) is 6.61 Å². The monoisotopic (exact) mass is 391 g/mol. The Morgan fingerprint density at radius 2 is 2.04 bits per heavy atom. The lowest BCUT2D eigenvalue weighted by atomic mass is 10.0. The second-order valence-corrected chi connectivity index (χ2v) is 7.22. The predicted octanol–water partition coefficient (Wildman–Crippen LogP) is 1.85. The molecule has 152 valence electrons. The minimum atomic E-state index is -0.733. The van der Waals surface area contributed by atoms with Gasteiger partial charge in [-0.2, -0.15) is 0 Å². The van der Waals surface area contributed by atoms with Gasteiger partial charge in [-0.15, -0.1) is 0 Å². The molecule has 0 bridgehead atoms. The number of likely N-dealkylation sites (tertiary alicyclic amines) is 1. The minimum Gasteiger partial charge on any atom is -0.452 e. The number of ether oxygens (including phenoxy) is 2. The van der Waals surface area contributed by atoms with Crippen molar-refractivity contribution >= 4 is 23.3 Å². The molecule has 1 atom stereocenters. The van der Waals surface area contributed by atoms with Gasteiger partial charge in [0.2, 0.25) is 0 Å². The molecule has 1 aromatic carbocycles. The molecule has 0 saturated carbocycles. The maximum atomic E-state index is 12.7. The van der Waals surface area contributed by atoms with E-state index in [2.05, 4.69) is 6.92 Å². The van der Waals surface area contributed by atoms with Gasteiger partial charge in [-0.25, -0.2) is 4.79 Å². The molecule has 0 unspecified atom stereocenters. The van der Waals surface area contributed by atoms with Crippen molar-refractivity contribution in [3.63, 3.8) is 0 Å². The molecule has 28 heavy (non-hydrogen) atoms. The van der Waals surface area contributed by atoms with Gasteiger partial charge in [-0.1, -0.05) is 6.92 Å². The van der Waals surface area contributed by atoms with Crippen molar-refractivity contribution in [3.05, 3.63) is 33.9 Å². The van der Waals surface area contributed by atoms with E-state index < -0.39 is 10.9 Å². The van der Waals surface area contributed by atoms with Crippen LogP contribution in [-0.2, 0) is 14.3 Å². The fraction of sp³-hybridized carbons (Fsp3) is 0.579. The van der Waals surface area contributed by atoms with E-state index in [4.69, 9.17) is 9.47 Å². The summed E-state index contributed by atoms with van der Waals surface area (Å²) in [7, 11) is 0. The number of rotatable bonds is 5. The van der Waals surface area contributed by atoms with Crippen LogP contribution in [0.15, 0.2) is 18.2 Å². The molecule has 0 N–H and O–H groups in total. The first-order chi connectivity index (χ1) is 13.5. The number of nitro benzene ring substituents is 1. The zero-order valence-electron chi connectivity index (χ0n) is 16.0.